The molecular weight excluding hydrogens is 373 g/mol. The van der Waals surface area contributed by atoms with E-state index in [1.54, 1.807) is 11.1 Å². The minimum Gasteiger partial charge on any atom is -1.00 e. The maximum absolute atomic E-state index is 6.37. The zero-order valence-electron chi connectivity index (χ0n) is 14.1. The van der Waals surface area contributed by atoms with E-state index in [2.05, 4.69) is 47.0 Å². The van der Waals surface area contributed by atoms with Gasteiger partial charge in [0.1, 0.15) is 6.54 Å². The van der Waals surface area contributed by atoms with E-state index in [4.69, 9.17) is 4.74 Å². The molecule has 1 aliphatic carbocycles. The maximum Gasteiger partial charge on any atom is 0.102 e. The highest BCUT2D eigenvalue weighted by Crippen LogP contribution is 2.46. The van der Waals surface area contributed by atoms with E-state index in [1.807, 2.05) is 0 Å². The van der Waals surface area contributed by atoms with Crippen molar-refractivity contribution >= 4 is 0 Å². The van der Waals surface area contributed by atoms with Crippen LogP contribution in [0.15, 0.2) is 23.3 Å². The molecule has 0 aromatic heterocycles. The van der Waals surface area contributed by atoms with E-state index < -0.39 is 0 Å². The van der Waals surface area contributed by atoms with Crippen LogP contribution in [0.5, 0.6) is 0 Å². The number of nitrogens with zero attached hydrogens (tertiary/aromatic N) is 1. The van der Waals surface area contributed by atoms with E-state index >= 15 is 0 Å². The minimum absolute atomic E-state index is 0. The molecule has 3 heteroatoms. The predicted octanol–water partition coefficient (Wildman–Crippen LogP) is 0.260. The fourth-order valence-corrected chi connectivity index (χ4v) is 4.73. The molecule has 2 nitrogen and oxygen atoms in total. The third-order valence-corrected chi connectivity index (χ3v) is 5.88. The maximum atomic E-state index is 6.37. The summed E-state index contributed by atoms with van der Waals surface area (Å²) < 4.78 is 7.48. The molecule has 0 spiro atoms. The lowest BCUT2D eigenvalue weighted by Crippen LogP contribution is -3.00. The number of quaternary nitrogens is 1. The van der Waals surface area contributed by atoms with Gasteiger partial charge in [0.15, 0.2) is 0 Å². The van der Waals surface area contributed by atoms with E-state index in [0.29, 0.717) is 23.9 Å². The van der Waals surface area contributed by atoms with Crippen LogP contribution in [-0.4, -0.2) is 44.4 Å². The van der Waals surface area contributed by atoms with Crippen LogP contribution >= 0.6 is 0 Å². The molecule has 0 aromatic rings. The summed E-state index contributed by atoms with van der Waals surface area (Å²) in [5.74, 6) is 2.75. The van der Waals surface area contributed by atoms with Gasteiger partial charge in [-0.15, -0.1) is 0 Å². The minimum atomic E-state index is 0. The summed E-state index contributed by atoms with van der Waals surface area (Å²) in [5.41, 5.74) is 3.11. The standard InChI is InChI=1S/C18H30NO.HI/c1-12-9-13(2)17-14(3)16(12)11-20-18(17)15-7-6-8-19(4,5)10-15;/h7,9,12,14,16-18H,6,8,10-11H2,1-5H3;1H/q+1;/p-1. The Bertz CT molecular complexity index is 454. The Labute approximate surface area is 147 Å². The second-order valence-corrected chi connectivity index (χ2v) is 7.96. The largest absolute Gasteiger partial charge is 1.00 e. The van der Waals surface area contributed by atoms with Crippen molar-refractivity contribution < 1.29 is 33.2 Å². The molecule has 5 atom stereocenters. The van der Waals surface area contributed by atoms with Crippen LogP contribution in [0.4, 0.5) is 0 Å². The second-order valence-electron chi connectivity index (χ2n) is 7.96. The molecule has 0 N–H and O–H groups in total. The van der Waals surface area contributed by atoms with Crippen molar-refractivity contribution in [2.24, 2.45) is 23.7 Å². The lowest BCUT2D eigenvalue weighted by molar-refractivity contribution is -0.887. The van der Waals surface area contributed by atoms with Gasteiger partial charge in [0.2, 0.25) is 0 Å². The average molecular weight is 403 g/mol. The molecule has 0 radical (unpaired) electrons. The number of fused-ring (bicyclic) bond motifs is 2. The molecule has 0 saturated carbocycles. The summed E-state index contributed by atoms with van der Waals surface area (Å²) in [6.07, 6.45) is 6.51. The molecule has 3 rings (SSSR count). The van der Waals surface area contributed by atoms with Gasteiger partial charge in [-0.2, -0.15) is 0 Å². The van der Waals surface area contributed by atoms with Crippen LogP contribution in [0.1, 0.15) is 27.2 Å². The van der Waals surface area contributed by atoms with Crippen molar-refractivity contribution in [3.8, 4) is 0 Å². The van der Waals surface area contributed by atoms with Crippen molar-refractivity contribution in [1.82, 2.24) is 0 Å². The Morgan fingerprint density at radius 1 is 1.24 bits per heavy atom. The van der Waals surface area contributed by atoms with E-state index in [9.17, 15) is 0 Å². The first-order chi connectivity index (χ1) is 9.39. The summed E-state index contributed by atoms with van der Waals surface area (Å²) in [7, 11) is 4.68. The summed E-state index contributed by atoms with van der Waals surface area (Å²) >= 11 is 0. The first-order valence-corrected chi connectivity index (χ1v) is 8.20. The lowest BCUT2D eigenvalue weighted by Gasteiger charge is -2.49. The Hall–Kier alpha value is 0.130. The first-order valence-electron chi connectivity index (χ1n) is 8.20. The number of likely N-dealkylation sites (N-methyl/N-ethyl adjacent to an activating group) is 1. The van der Waals surface area contributed by atoms with Gasteiger partial charge in [0.25, 0.3) is 0 Å². The van der Waals surface area contributed by atoms with Gasteiger partial charge in [-0.05, 0) is 24.7 Å². The van der Waals surface area contributed by atoms with Crippen LogP contribution < -0.4 is 24.0 Å². The van der Waals surface area contributed by atoms with Crippen molar-refractivity contribution in [1.29, 1.82) is 0 Å². The zero-order valence-corrected chi connectivity index (χ0v) is 16.3. The van der Waals surface area contributed by atoms with Gasteiger partial charge in [-0.25, -0.2) is 0 Å². The predicted molar refractivity (Wildman–Crippen MR) is 83.3 cm³/mol. The van der Waals surface area contributed by atoms with Crippen LogP contribution in [0, 0.1) is 23.7 Å². The lowest BCUT2D eigenvalue weighted by atomic mass is 9.64. The van der Waals surface area contributed by atoms with Crippen LogP contribution in [0.3, 0.4) is 0 Å². The van der Waals surface area contributed by atoms with Gasteiger partial charge in [0.05, 0.1) is 33.4 Å². The molecule has 21 heavy (non-hydrogen) atoms. The molecule has 2 aliphatic heterocycles. The molecule has 2 bridgehead atoms. The SMILES string of the molecule is CC1=CC(C)C2COC(C3=CCC[N+](C)(C)C3)C1C2C.[I-]. The van der Waals surface area contributed by atoms with Crippen molar-refractivity contribution in [3.63, 3.8) is 0 Å². The number of ether oxygens (including phenoxy) is 1. The molecular formula is C18H30INO. The summed E-state index contributed by atoms with van der Waals surface area (Å²) in [5, 5.41) is 0. The first kappa shape index (κ1) is 17.5. The van der Waals surface area contributed by atoms with E-state index in [-0.39, 0.29) is 24.0 Å². The molecule has 0 aromatic carbocycles. The van der Waals surface area contributed by atoms with E-state index in [1.165, 1.54) is 13.0 Å². The summed E-state index contributed by atoms with van der Waals surface area (Å²) in [4.78, 5) is 0. The molecule has 120 valence electrons. The molecule has 2 heterocycles. The molecule has 1 fully saturated rings. The Morgan fingerprint density at radius 3 is 2.62 bits per heavy atom. The van der Waals surface area contributed by atoms with Crippen molar-refractivity contribution in [3.05, 3.63) is 23.3 Å². The monoisotopic (exact) mass is 403 g/mol. The Balaban J connectivity index is 0.00000161. The Morgan fingerprint density at radius 2 is 1.95 bits per heavy atom. The number of hydrogen-bond donors (Lipinski definition) is 0. The highest BCUT2D eigenvalue weighted by atomic mass is 127. The highest BCUT2D eigenvalue weighted by Gasteiger charge is 2.45. The normalized spacial score (nSPS) is 41.7. The molecule has 0 amide bonds. The number of halogens is 1. The van der Waals surface area contributed by atoms with Crippen molar-refractivity contribution in [2.45, 2.75) is 33.3 Å². The van der Waals surface area contributed by atoms with Gasteiger partial charge in [-0.1, -0.05) is 31.6 Å². The fraction of sp³-hybridized carbons (Fsp3) is 0.778. The molecule has 3 aliphatic rings. The fourth-order valence-electron chi connectivity index (χ4n) is 4.73. The van der Waals surface area contributed by atoms with Gasteiger partial charge < -0.3 is 33.2 Å². The van der Waals surface area contributed by atoms with E-state index in [0.717, 1.165) is 23.6 Å². The van der Waals surface area contributed by atoms with Crippen LogP contribution in [-0.2, 0) is 4.74 Å². The quantitative estimate of drug-likeness (QED) is 0.347. The second kappa shape index (κ2) is 6.32. The van der Waals surface area contributed by atoms with Crippen molar-refractivity contribution in [2.75, 3.05) is 33.8 Å². The zero-order chi connectivity index (χ0) is 14.5. The average Bonchev–Trinajstić information content (AvgIpc) is 2.34. The topological polar surface area (TPSA) is 9.23 Å². The van der Waals surface area contributed by atoms with Crippen LogP contribution in [0.2, 0.25) is 0 Å². The third-order valence-electron chi connectivity index (χ3n) is 5.88. The Kier molecular flexibility index (Phi) is 5.27. The third kappa shape index (κ3) is 3.25. The van der Waals surface area contributed by atoms with Gasteiger partial charge >= 0.3 is 0 Å². The van der Waals surface area contributed by atoms with Crippen LogP contribution in [0.25, 0.3) is 0 Å². The highest BCUT2D eigenvalue weighted by molar-refractivity contribution is 5.24. The molecule has 1 saturated heterocycles. The van der Waals surface area contributed by atoms with Gasteiger partial charge in [0, 0.05) is 17.9 Å². The summed E-state index contributed by atoms with van der Waals surface area (Å²) in [6, 6.07) is 0. The van der Waals surface area contributed by atoms with Gasteiger partial charge in [-0.3, -0.25) is 0 Å². The number of hydrogen-bond acceptors (Lipinski definition) is 1. The summed E-state index contributed by atoms with van der Waals surface area (Å²) in [6.45, 7) is 10.5. The smallest absolute Gasteiger partial charge is 0.102 e. The number of rotatable bonds is 1. The molecule has 5 unspecified atom stereocenters. The number of allylic oxidation sites excluding steroid dienone is 1.